The molecule has 0 aliphatic carbocycles. The second-order valence-corrected chi connectivity index (χ2v) is 6.64. The Morgan fingerprint density at radius 3 is 1.43 bits per heavy atom. The van der Waals surface area contributed by atoms with E-state index in [1.54, 1.807) is 18.2 Å². The van der Waals surface area contributed by atoms with Gasteiger partial charge in [0.15, 0.2) is 0 Å². The minimum atomic E-state index is -3.86. The molecule has 0 fully saturated rings. The fraction of sp³-hybridized carbons (Fsp3) is 0.0526. The Kier molecular flexibility index (Phi) is 4.55. The van der Waals surface area contributed by atoms with Crippen molar-refractivity contribution in [3.63, 3.8) is 0 Å². The molecular weight excluding hydrogens is 308 g/mol. The zero-order valence-electron chi connectivity index (χ0n) is 12.4. The van der Waals surface area contributed by atoms with Crippen molar-refractivity contribution in [3.05, 3.63) is 102 Å². The van der Waals surface area contributed by atoms with Gasteiger partial charge in [0.2, 0.25) is 0 Å². The summed E-state index contributed by atoms with van der Waals surface area (Å²) in [5.41, 5.74) is 1.58. The molecule has 4 heteroatoms. The topological polar surface area (TPSA) is 43.4 Å². The van der Waals surface area contributed by atoms with Crippen LogP contribution in [0.3, 0.4) is 0 Å². The largest absolute Gasteiger partial charge is 0.297 e. The Balaban J connectivity index is 2.00. The Labute approximate surface area is 136 Å². The van der Waals surface area contributed by atoms with Crippen LogP contribution in [0.4, 0.5) is 0 Å². The van der Waals surface area contributed by atoms with Crippen LogP contribution in [0.1, 0.15) is 17.2 Å². The van der Waals surface area contributed by atoms with Gasteiger partial charge in [0.25, 0.3) is 10.1 Å². The maximum atomic E-state index is 12.6. The molecule has 0 saturated heterocycles. The molecule has 3 aromatic carbocycles. The van der Waals surface area contributed by atoms with Crippen LogP contribution in [0.5, 0.6) is 0 Å². The molecule has 0 unspecified atom stereocenters. The van der Waals surface area contributed by atoms with Crippen molar-refractivity contribution in [2.45, 2.75) is 11.0 Å². The molecule has 0 saturated carbocycles. The van der Waals surface area contributed by atoms with E-state index in [0.717, 1.165) is 11.1 Å². The third-order valence-electron chi connectivity index (χ3n) is 3.46. The first-order valence-electron chi connectivity index (χ1n) is 7.25. The van der Waals surface area contributed by atoms with Gasteiger partial charge in [-0.1, -0.05) is 78.9 Å². The fourth-order valence-electron chi connectivity index (χ4n) is 2.33. The Morgan fingerprint density at radius 1 is 0.609 bits per heavy atom. The highest BCUT2D eigenvalue weighted by Crippen LogP contribution is 2.29. The molecule has 116 valence electrons. The van der Waals surface area contributed by atoms with Crippen LogP contribution in [0.25, 0.3) is 0 Å². The van der Waals surface area contributed by atoms with E-state index in [4.69, 9.17) is 4.18 Å². The first kappa shape index (κ1) is 15.5. The van der Waals surface area contributed by atoms with E-state index in [2.05, 4.69) is 0 Å². The molecule has 3 rings (SSSR count). The molecule has 0 aliphatic rings. The summed E-state index contributed by atoms with van der Waals surface area (Å²) in [4.78, 5) is 0.150. The van der Waals surface area contributed by atoms with Gasteiger partial charge in [-0.15, -0.1) is 0 Å². The van der Waals surface area contributed by atoms with Gasteiger partial charge in [-0.2, -0.15) is 8.42 Å². The second-order valence-electron chi connectivity index (χ2n) is 5.06. The van der Waals surface area contributed by atoms with Crippen LogP contribution in [0.2, 0.25) is 0 Å². The minimum Gasteiger partial charge on any atom is -0.253 e. The maximum absolute atomic E-state index is 12.6. The summed E-state index contributed by atoms with van der Waals surface area (Å²) in [6, 6.07) is 26.9. The zero-order valence-corrected chi connectivity index (χ0v) is 13.2. The van der Waals surface area contributed by atoms with E-state index in [0.29, 0.717) is 0 Å². The van der Waals surface area contributed by atoms with E-state index in [1.165, 1.54) is 12.1 Å². The van der Waals surface area contributed by atoms with E-state index in [9.17, 15) is 8.42 Å². The quantitative estimate of drug-likeness (QED) is 0.661. The average Bonchev–Trinajstić information content (AvgIpc) is 2.62. The fourth-order valence-corrected chi connectivity index (χ4v) is 3.41. The highest BCUT2D eigenvalue weighted by atomic mass is 32.2. The van der Waals surface area contributed by atoms with Gasteiger partial charge in [0.1, 0.15) is 6.10 Å². The molecule has 0 amide bonds. The van der Waals surface area contributed by atoms with Gasteiger partial charge in [-0.25, -0.2) is 0 Å². The lowest BCUT2D eigenvalue weighted by Crippen LogP contribution is -2.13. The Morgan fingerprint density at radius 2 is 1.00 bits per heavy atom. The maximum Gasteiger partial charge on any atom is 0.297 e. The lowest BCUT2D eigenvalue weighted by molar-refractivity contribution is 0.253. The molecule has 0 atom stereocenters. The predicted octanol–water partition coefficient (Wildman–Crippen LogP) is 4.18. The second kappa shape index (κ2) is 6.77. The van der Waals surface area contributed by atoms with E-state index in [1.807, 2.05) is 60.7 Å². The lowest BCUT2D eigenvalue weighted by Gasteiger charge is -2.18. The summed E-state index contributed by atoms with van der Waals surface area (Å²) < 4.78 is 30.7. The lowest BCUT2D eigenvalue weighted by atomic mass is 10.0. The average molecular weight is 324 g/mol. The van der Waals surface area contributed by atoms with Crippen molar-refractivity contribution in [1.82, 2.24) is 0 Å². The summed E-state index contributed by atoms with van der Waals surface area (Å²) in [6.45, 7) is 0. The van der Waals surface area contributed by atoms with Gasteiger partial charge < -0.3 is 0 Å². The number of benzene rings is 3. The summed E-state index contributed by atoms with van der Waals surface area (Å²) in [6.07, 6.45) is -0.678. The molecule has 0 spiro atoms. The predicted molar refractivity (Wildman–Crippen MR) is 89.4 cm³/mol. The smallest absolute Gasteiger partial charge is 0.253 e. The number of hydrogen-bond donors (Lipinski definition) is 0. The first-order valence-corrected chi connectivity index (χ1v) is 8.66. The summed E-state index contributed by atoms with van der Waals surface area (Å²) in [7, 11) is -3.86. The zero-order chi connectivity index (χ0) is 16.1. The summed E-state index contributed by atoms with van der Waals surface area (Å²) in [5.74, 6) is 0. The molecule has 0 aliphatic heterocycles. The Bertz CT molecular complexity index is 805. The van der Waals surface area contributed by atoms with E-state index in [-0.39, 0.29) is 4.90 Å². The third kappa shape index (κ3) is 3.67. The van der Waals surface area contributed by atoms with Gasteiger partial charge in [-0.05, 0) is 23.3 Å². The SMILES string of the molecule is O=S(=O)(OC(c1ccccc1)c1ccccc1)c1ccccc1. The number of rotatable bonds is 5. The molecule has 23 heavy (non-hydrogen) atoms. The van der Waals surface area contributed by atoms with Crippen molar-refractivity contribution < 1.29 is 12.6 Å². The molecule has 3 nitrogen and oxygen atoms in total. The van der Waals surface area contributed by atoms with Crippen molar-refractivity contribution in [2.24, 2.45) is 0 Å². The van der Waals surface area contributed by atoms with E-state index >= 15 is 0 Å². The molecular formula is C19H16O3S. The summed E-state index contributed by atoms with van der Waals surface area (Å²) in [5, 5.41) is 0. The van der Waals surface area contributed by atoms with Gasteiger partial charge in [0.05, 0.1) is 4.90 Å². The standard InChI is InChI=1S/C19H16O3S/c20-23(21,18-14-8-3-9-15-18)22-19(16-10-4-1-5-11-16)17-12-6-2-7-13-17/h1-15,19H. The normalized spacial score (nSPS) is 11.5. The van der Waals surface area contributed by atoms with Crippen molar-refractivity contribution in [3.8, 4) is 0 Å². The van der Waals surface area contributed by atoms with Gasteiger partial charge in [0, 0.05) is 0 Å². The van der Waals surface area contributed by atoms with Crippen LogP contribution >= 0.6 is 0 Å². The van der Waals surface area contributed by atoms with Gasteiger partial charge in [-0.3, -0.25) is 4.18 Å². The molecule has 0 heterocycles. The van der Waals surface area contributed by atoms with Crippen molar-refractivity contribution >= 4 is 10.1 Å². The molecule has 0 N–H and O–H groups in total. The monoisotopic (exact) mass is 324 g/mol. The van der Waals surface area contributed by atoms with Crippen molar-refractivity contribution in [2.75, 3.05) is 0 Å². The van der Waals surface area contributed by atoms with Crippen molar-refractivity contribution in [1.29, 1.82) is 0 Å². The van der Waals surface area contributed by atoms with Crippen LogP contribution in [0, 0.1) is 0 Å². The van der Waals surface area contributed by atoms with Crippen LogP contribution in [-0.4, -0.2) is 8.42 Å². The van der Waals surface area contributed by atoms with Crippen LogP contribution < -0.4 is 0 Å². The Hall–Kier alpha value is -2.43. The molecule has 0 radical (unpaired) electrons. The highest BCUT2D eigenvalue weighted by molar-refractivity contribution is 7.86. The molecule has 0 bridgehead atoms. The number of hydrogen-bond acceptors (Lipinski definition) is 3. The molecule has 0 aromatic heterocycles. The minimum absolute atomic E-state index is 0.150. The van der Waals surface area contributed by atoms with E-state index < -0.39 is 16.2 Å². The summed E-state index contributed by atoms with van der Waals surface area (Å²) >= 11 is 0. The van der Waals surface area contributed by atoms with Crippen LogP contribution in [-0.2, 0) is 14.3 Å². The molecule has 3 aromatic rings. The first-order chi connectivity index (χ1) is 11.2. The third-order valence-corrected chi connectivity index (χ3v) is 4.75. The van der Waals surface area contributed by atoms with Crippen LogP contribution in [0.15, 0.2) is 95.9 Å². The van der Waals surface area contributed by atoms with Gasteiger partial charge >= 0.3 is 0 Å². The highest BCUT2D eigenvalue weighted by Gasteiger charge is 2.24.